The third-order valence-corrected chi connectivity index (χ3v) is 2.48. The molecule has 2 nitrogen and oxygen atoms in total. The van der Waals surface area contributed by atoms with Gasteiger partial charge in [0.15, 0.2) is 0 Å². The smallest absolute Gasteiger partial charge is 0.222 e. The SMILES string of the molecule is O=C1CC[CH]CN1Cc1ccccc1. The molecule has 0 N–H and O–H groups in total. The number of piperidine rings is 1. The molecule has 0 aliphatic carbocycles. The lowest BCUT2D eigenvalue weighted by molar-refractivity contribution is -0.132. The van der Waals surface area contributed by atoms with Crippen molar-refractivity contribution in [1.29, 1.82) is 0 Å². The highest BCUT2D eigenvalue weighted by atomic mass is 16.2. The maximum Gasteiger partial charge on any atom is 0.222 e. The molecule has 0 atom stereocenters. The van der Waals surface area contributed by atoms with E-state index in [1.807, 2.05) is 23.1 Å². The Bertz CT molecular complexity index is 307. The molecule has 0 aromatic heterocycles. The molecule has 1 aromatic carbocycles. The Morgan fingerprint density at radius 1 is 1.21 bits per heavy atom. The maximum absolute atomic E-state index is 11.5. The molecule has 1 aromatic rings. The van der Waals surface area contributed by atoms with Gasteiger partial charge < -0.3 is 4.90 Å². The average molecular weight is 188 g/mol. The van der Waals surface area contributed by atoms with Gasteiger partial charge in [0, 0.05) is 19.5 Å². The summed E-state index contributed by atoms with van der Waals surface area (Å²) >= 11 is 0. The molecule has 73 valence electrons. The minimum atomic E-state index is 0.274. The van der Waals surface area contributed by atoms with Crippen molar-refractivity contribution in [2.45, 2.75) is 19.4 Å². The van der Waals surface area contributed by atoms with Crippen LogP contribution in [0.1, 0.15) is 18.4 Å². The summed E-state index contributed by atoms with van der Waals surface area (Å²) in [7, 11) is 0. The first-order valence-corrected chi connectivity index (χ1v) is 4.99. The summed E-state index contributed by atoms with van der Waals surface area (Å²) in [6, 6.07) is 10.1. The zero-order valence-corrected chi connectivity index (χ0v) is 8.15. The first kappa shape index (κ1) is 9.25. The average Bonchev–Trinajstić information content (AvgIpc) is 2.23. The van der Waals surface area contributed by atoms with Gasteiger partial charge in [0.2, 0.25) is 5.91 Å². The van der Waals surface area contributed by atoms with Gasteiger partial charge in [-0.25, -0.2) is 0 Å². The van der Waals surface area contributed by atoms with Gasteiger partial charge in [0.1, 0.15) is 0 Å². The van der Waals surface area contributed by atoms with Gasteiger partial charge in [-0.05, 0) is 18.4 Å². The van der Waals surface area contributed by atoms with Crippen LogP contribution in [0.4, 0.5) is 0 Å². The second-order valence-electron chi connectivity index (χ2n) is 3.59. The van der Waals surface area contributed by atoms with Crippen LogP contribution in [0.15, 0.2) is 30.3 Å². The molecule has 0 unspecified atom stereocenters. The zero-order chi connectivity index (χ0) is 9.80. The summed E-state index contributed by atoms with van der Waals surface area (Å²) in [5, 5.41) is 0. The molecule has 1 aliphatic rings. The van der Waals surface area contributed by atoms with Crippen LogP contribution in [0, 0.1) is 6.42 Å². The number of nitrogens with zero attached hydrogens (tertiary/aromatic N) is 1. The Kier molecular flexibility index (Phi) is 2.82. The Balaban J connectivity index is 2.00. The van der Waals surface area contributed by atoms with Crippen LogP contribution in [-0.4, -0.2) is 17.4 Å². The molecule has 1 heterocycles. The van der Waals surface area contributed by atoms with Crippen LogP contribution >= 0.6 is 0 Å². The zero-order valence-electron chi connectivity index (χ0n) is 8.15. The minimum Gasteiger partial charge on any atom is -0.338 e. The number of carbonyl (C=O) groups is 1. The van der Waals surface area contributed by atoms with Crippen molar-refractivity contribution < 1.29 is 4.79 Å². The van der Waals surface area contributed by atoms with E-state index >= 15 is 0 Å². The Hall–Kier alpha value is -1.31. The fraction of sp³-hybridized carbons (Fsp3) is 0.333. The third kappa shape index (κ3) is 2.13. The van der Waals surface area contributed by atoms with Crippen molar-refractivity contribution in [3.63, 3.8) is 0 Å². The molecular weight excluding hydrogens is 174 g/mol. The number of carbonyl (C=O) groups excluding carboxylic acids is 1. The van der Waals surface area contributed by atoms with Gasteiger partial charge in [-0.15, -0.1) is 0 Å². The standard InChI is InChI=1S/C12H14NO/c14-12-8-4-5-9-13(12)10-11-6-2-1-3-7-11/h1-3,5-7H,4,8-10H2. The molecule has 1 amide bonds. The first-order valence-electron chi connectivity index (χ1n) is 4.99. The lowest BCUT2D eigenvalue weighted by Gasteiger charge is -2.26. The monoisotopic (exact) mass is 188 g/mol. The highest BCUT2D eigenvalue weighted by Crippen LogP contribution is 2.13. The number of amides is 1. The second kappa shape index (κ2) is 4.27. The van der Waals surface area contributed by atoms with Crippen molar-refractivity contribution in [3.05, 3.63) is 42.3 Å². The van der Waals surface area contributed by atoms with Crippen LogP contribution in [0.3, 0.4) is 0 Å². The number of benzene rings is 1. The van der Waals surface area contributed by atoms with E-state index in [-0.39, 0.29) is 5.91 Å². The summed E-state index contributed by atoms with van der Waals surface area (Å²) in [6.07, 6.45) is 3.78. The summed E-state index contributed by atoms with van der Waals surface area (Å²) in [5.74, 6) is 0.274. The maximum atomic E-state index is 11.5. The number of rotatable bonds is 2. The number of hydrogen-bond donors (Lipinski definition) is 0. The molecule has 1 aliphatic heterocycles. The van der Waals surface area contributed by atoms with E-state index in [0.717, 1.165) is 19.5 Å². The van der Waals surface area contributed by atoms with Crippen LogP contribution in [0.5, 0.6) is 0 Å². The largest absolute Gasteiger partial charge is 0.338 e. The lowest BCUT2D eigenvalue weighted by atomic mass is 10.1. The first-order chi connectivity index (χ1) is 6.86. The fourth-order valence-electron chi connectivity index (χ4n) is 1.69. The van der Waals surface area contributed by atoms with Crippen LogP contribution in [-0.2, 0) is 11.3 Å². The topological polar surface area (TPSA) is 20.3 Å². The van der Waals surface area contributed by atoms with Gasteiger partial charge in [0.25, 0.3) is 0 Å². The van der Waals surface area contributed by atoms with Gasteiger partial charge >= 0.3 is 0 Å². The second-order valence-corrected chi connectivity index (χ2v) is 3.59. The predicted octanol–water partition coefficient (Wildman–Crippen LogP) is 2.01. The van der Waals surface area contributed by atoms with E-state index in [4.69, 9.17) is 0 Å². The van der Waals surface area contributed by atoms with Crippen molar-refractivity contribution >= 4 is 5.91 Å². The van der Waals surface area contributed by atoms with Gasteiger partial charge in [-0.2, -0.15) is 0 Å². The highest BCUT2D eigenvalue weighted by molar-refractivity contribution is 5.77. The van der Waals surface area contributed by atoms with E-state index in [9.17, 15) is 4.79 Å². The Morgan fingerprint density at radius 2 is 2.00 bits per heavy atom. The minimum absolute atomic E-state index is 0.274. The van der Waals surface area contributed by atoms with Crippen molar-refractivity contribution in [2.24, 2.45) is 0 Å². The number of likely N-dealkylation sites (tertiary alicyclic amines) is 1. The van der Waals surface area contributed by atoms with Crippen molar-refractivity contribution in [2.75, 3.05) is 6.54 Å². The molecule has 2 rings (SSSR count). The lowest BCUT2D eigenvalue weighted by Crippen LogP contribution is -2.34. The Morgan fingerprint density at radius 3 is 2.71 bits per heavy atom. The van der Waals surface area contributed by atoms with E-state index in [0.29, 0.717) is 6.42 Å². The van der Waals surface area contributed by atoms with Gasteiger partial charge in [0.05, 0.1) is 0 Å². The molecule has 0 bridgehead atoms. The van der Waals surface area contributed by atoms with Crippen molar-refractivity contribution in [3.8, 4) is 0 Å². The summed E-state index contributed by atoms with van der Waals surface area (Å²) in [4.78, 5) is 13.4. The molecule has 14 heavy (non-hydrogen) atoms. The summed E-state index contributed by atoms with van der Waals surface area (Å²) in [5.41, 5.74) is 1.20. The third-order valence-electron chi connectivity index (χ3n) is 2.48. The molecule has 1 fully saturated rings. The Labute approximate surface area is 84.5 Å². The molecule has 2 heteroatoms. The van der Waals surface area contributed by atoms with Crippen LogP contribution in [0.2, 0.25) is 0 Å². The molecule has 0 saturated carbocycles. The molecular formula is C12H14NO. The van der Waals surface area contributed by atoms with E-state index in [1.54, 1.807) is 0 Å². The number of hydrogen-bond acceptors (Lipinski definition) is 1. The van der Waals surface area contributed by atoms with Crippen LogP contribution < -0.4 is 0 Å². The molecule has 1 radical (unpaired) electrons. The van der Waals surface area contributed by atoms with E-state index < -0.39 is 0 Å². The quantitative estimate of drug-likeness (QED) is 0.695. The predicted molar refractivity (Wildman–Crippen MR) is 55.4 cm³/mol. The highest BCUT2D eigenvalue weighted by Gasteiger charge is 2.17. The molecule has 1 saturated heterocycles. The van der Waals surface area contributed by atoms with Crippen LogP contribution in [0.25, 0.3) is 0 Å². The van der Waals surface area contributed by atoms with Crippen molar-refractivity contribution in [1.82, 2.24) is 4.90 Å². The van der Waals surface area contributed by atoms with E-state index in [1.165, 1.54) is 5.56 Å². The normalized spacial score (nSPS) is 17.1. The molecule has 0 spiro atoms. The summed E-state index contributed by atoms with van der Waals surface area (Å²) < 4.78 is 0. The summed E-state index contributed by atoms with van der Waals surface area (Å²) in [6.45, 7) is 1.55. The van der Waals surface area contributed by atoms with Gasteiger partial charge in [-0.1, -0.05) is 30.3 Å². The van der Waals surface area contributed by atoms with E-state index in [2.05, 4.69) is 18.6 Å². The van der Waals surface area contributed by atoms with Gasteiger partial charge in [-0.3, -0.25) is 4.79 Å². The fourth-order valence-corrected chi connectivity index (χ4v) is 1.69.